The van der Waals surface area contributed by atoms with E-state index < -0.39 is 11.9 Å². The summed E-state index contributed by atoms with van der Waals surface area (Å²) < 4.78 is 42.8. The van der Waals surface area contributed by atoms with Crippen LogP contribution in [-0.4, -0.2) is 37.4 Å². The van der Waals surface area contributed by atoms with Crippen LogP contribution in [0.25, 0.3) is 16.9 Å². The average Bonchev–Trinajstić information content (AvgIpc) is 3.45. The molecular weight excluding hydrogens is 473 g/mol. The smallest absolute Gasteiger partial charge is 0.355 e. The summed E-state index contributed by atoms with van der Waals surface area (Å²) in [5.41, 5.74) is 1.03. The lowest BCUT2D eigenvalue weighted by atomic mass is 9.76. The fourth-order valence-corrected chi connectivity index (χ4v) is 6.46. The SMILES string of the molecule is FC(F)(F)c1ncccc1-c1ncc2c(N3CCC4(CC3)Cc3nc(Cl)sc3C4)nccn12. The molecule has 33 heavy (non-hydrogen) atoms. The third-order valence-electron chi connectivity index (χ3n) is 6.71. The Morgan fingerprint density at radius 2 is 1.88 bits per heavy atom. The summed E-state index contributed by atoms with van der Waals surface area (Å²) in [4.78, 5) is 20.4. The highest BCUT2D eigenvalue weighted by Gasteiger charge is 2.42. The Hall–Kier alpha value is -2.72. The summed E-state index contributed by atoms with van der Waals surface area (Å²) in [5.74, 6) is 0.934. The van der Waals surface area contributed by atoms with Crippen molar-refractivity contribution >= 4 is 34.3 Å². The first-order valence-corrected chi connectivity index (χ1v) is 11.8. The molecule has 0 N–H and O–H groups in total. The Morgan fingerprint density at radius 1 is 1.06 bits per heavy atom. The second-order valence-electron chi connectivity index (χ2n) is 8.66. The molecule has 2 aliphatic rings. The minimum absolute atomic E-state index is 0.0528. The Labute approximate surface area is 196 Å². The molecule has 1 fully saturated rings. The van der Waals surface area contributed by atoms with Gasteiger partial charge in [-0.15, -0.1) is 11.3 Å². The van der Waals surface area contributed by atoms with E-state index in [0.29, 0.717) is 9.98 Å². The minimum atomic E-state index is -4.57. The fraction of sp³-hybridized carbons (Fsp3) is 0.364. The molecule has 0 atom stereocenters. The summed E-state index contributed by atoms with van der Waals surface area (Å²) in [6.45, 7) is 1.63. The minimum Gasteiger partial charge on any atom is -0.355 e. The van der Waals surface area contributed by atoms with Gasteiger partial charge in [0.05, 0.1) is 11.9 Å². The maximum atomic E-state index is 13.5. The number of imidazole rings is 1. The molecule has 1 aliphatic carbocycles. The van der Waals surface area contributed by atoms with Gasteiger partial charge < -0.3 is 4.90 Å². The van der Waals surface area contributed by atoms with Gasteiger partial charge in [-0.05, 0) is 43.2 Å². The van der Waals surface area contributed by atoms with Crippen molar-refractivity contribution in [2.24, 2.45) is 5.41 Å². The van der Waals surface area contributed by atoms with E-state index in [-0.39, 0.29) is 16.8 Å². The molecule has 0 amide bonds. The van der Waals surface area contributed by atoms with Crippen LogP contribution in [0, 0.1) is 5.41 Å². The molecule has 0 aromatic carbocycles. The van der Waals surface area contributed by atoms with Gasteiger partial charge >= 0.3 is 6.18 Å². The number of halogens is 4. The molecule has 1 aliphatic heterocycles. The summed E-state index contributed by atoms with van der Waals surface area (Å²) in [6, 6.07) is 2.88. The van der Waals surface area contributed by atoms with Crippen molar-refractivity contribution in [2.45, 2.75) is 31.9 Å². The van der Waals surface area contributed by atoms with Crippen LogP contribution in [0.15, 0.2) is 36.9 Å². The topological polar surface area (TPSA) is 59.2 Å². The number of hydrogen-bond donors (Lipinski definition) is 0. The number of fused-ring (bicyclic) bond motifs is 2. The number of hydrogen-bond acceptors (Lipinski definition) is 6. The molecule has 5 heterocycles. The van der Waals surface area contributed by atoms with E-state index in [9.17, 15) is 13.2 Å². The van der Waals surface area contributed by atoms with Crippen LogP contribution < -0.4 is 4.90 Å². The van der Waals surface area contributed by atoms with Crippen LogP contribution in [0.1, 0.15) is 29.1 Å². The first-order valence-electron chi connectivity index (χ1n) is 10.6. The maximum Gasteiger partial charge on any atom is 0.434 e. The lowest BCUT2D eigenvalue weighted by Crippen LogP contribution is -2.41. The summed E-state index contributed by atoms with van der Waals surface area (Å²) in [5, 5.41) is 0. The quantitative estimate of drug-likeness (QED) is 0.381. The van der Waals surface area contributed by atoms with Gasteiger partial charge in [0.1, 0.15) is 11.3 Å². The lowest BCUT2D eigenvalue weighted by molar-refractivity contribution is -0.140. The van der Waals surface area contributed by atoms with Gasteiger partial charge in [-0.3, -0.25) is 9.38 Å². The van der Waals surface area contributed by atoms with Gasteiger partial charge in [0, 0.05) is 42.1 Å². The molecule has 0 radical (unpaired) electrons. The molecular formula is C22H18ClF3N6S. The Morgan fingerprint density at radius 3 is 2.64 bits per heavy atom. The number of rotatable bonds is 2. The van der Waals surface area contributed by atoms with E-state index in [1.54, 1.807) is 34.3 Å². The summed E-state index contributed by atoms with van der Waals surface area (Å²) in [7, 11) is 0. The molecule has 6 rings (SSSR count). The molecule has 4 aromatic rings. The monoisotopic (exact) mass is 490 g/mol. The second-order valence-corrected chi connectivity index (χ2v) is 10.3. The lowest BCUT2D eigenvalue weighted by Gasteiger charge is -2.39. The zero-order valence-corrected chi connectivity index (χ0v) is 18.9. The Kier molecular flexibility index (Phi) is 4.67. The Bertz CT molecular complexity index is 1330. The number of thiazole rings is 1. The summed E-state index contributed by atoms with van der Waals surface area (Å²) in [6.07, 6.45) is 5.38. The Balaban J connectivity index is 1.29. The maximum absolute atomic E-state index is 13.5. The third-order valence-corrected chi connectivity index (χ3v) is 7.91. The molecule has 11 heteroatoms. The number of piperidine rings is 1. The van der Waals surface area contributed by atoms with Crippen LogP contribution in [0.3, 0.4) is 0 Å². The van der Waals surface area contributed by atoms with Crippen LogP contribution in [0.2, 0.25) is 4.47 Å². The van der Waals surface area contributed by atoms with Gasteiger partial charge in [0.25, 0.3) is 0 Å². The molecule has 1 saturated heterocycles. The number of pyridine rings is 1. The standard InChI is InChI=1S/C22H18ClF3N6S/c23-20-30-14-10-21(11-16(14)33-20)3-7-31(8-4-21)19-15-12-29-18(32(15)9-6-28-19)13-2-1-5-27-17(13)22(24,25)26/h1-2,5-6,9,12H,3-4,7-8,10-11H2. The van der Waals surface area contributed by atoms with Crippen LogP contribution in [0.5, 0.6) is 0 Å². The van der Waals surface area contributed by atoms with E-state index in [0.717, 1.165) is 56.5 Å². The van der Waals surface area contributed by atoms with Gasteiger partial charge in [0.2, 0.25) is 0 Å². The van der Waals surface area contributed by atoms with Gasteiger partial charge in [-0.1, -0.05) is 11.6 Å². The van der Waals surface area contributed by atoms with E-state index in [4.69, 9.17) is 11.6 Å². The third kappa shape index (κ3) is 3.47. The zero-order valence-electron chi connectivity index (χ0n) is 17.3. The first-order chi connectivity index (χ1) is 15.8. The molecule has 170 valence electrons. The van der Waals surface area contributed by atoms with Crippen molar-refractivity contribution in [1.29, 1.82) is 0 Å². The molecule has 1 spiro atoms. The van der Waals surface area contributed by atoms with Crippen molar-refractivity contribution in [3.63, 3.8) is 0 Å². The van der Waals surface area contributed by atoms with Crippen LogP contribution in [0.4, 0.5) is 19.0 Å². The molecule has 4 aromatic heterocycles. The van der Waals surface area contributed by atoms with E-state index in [1.165, 1.54) is 17.0 Å². The largest absolute Gasteiger partial charge is 0.434 e. The molecule has 0 saturated carbocycles. The average molecular weight is 491 g/mol. The molecule has 0 bridgehead atoms. The van der Waals surface area contributed by atoms with Crippen molar-refractivity contribution in [2.75, 3.05) is 18.0 Å². The highest BCUT2D eigenvalue weighted by molar-refractivity contribution is 7.15. The highest BCUT2D eigenvalue weighted by Crippen LogP contribution is 2.47. The molecule has 6 nitrogen and oxygen atoms in total. The number of anilines is 1. The van der Waals surface area contributed by atoms with Crippen molar-refractivity contribution in [3.8, 4) is 11.4 Å². The predicted molar refractivity (Wildman–Crippen MR) is 120 cm³/mol. The normalized spacial score (nSPS) is 17.8. The second kappa shape index (κ2) is 7.39. The zero-order chi connectivity index (χ0) is 22.8. The fourth-order valence-electron chi connectivity index (χ4n) is 5.10. The number of nitrogens with zero attached hydrogens (tertiary/aromatic N) is 6. The first kappa shape index (κ1) is 20.9. The number of aromatic nitrogens is 5. The van der Waals surface area contributed by atoms with Crippen LogP contribution in [-0.2, 0) is 19.0 Å². The molecule has 0 unspecified atom stereocenters. The number of alkyl halides is 3. The van der Waals surface area contributed by atoms with E-state index >= 15 is 0 Å². The van der Waals surface area contributed by atoms with Crippen molar-refractivity contribution < 1.29 is 13.2 Å². The van der Waals surface area contributed by atoms with Crippen LogP contribution >= 0.6 is 22.9 Å². The summed E-state index contributed by atoms with van der Waals surface area (Å²) >= 11 is 7.64. The van der Waals surface area contributed by atoms with E-state index in [2.05, 4.69) is 24.8 Å². The van der Waals surface area contributed by atoms with Crippen molar-refractivity contribution in [3.05, 3.63) is 57.7 Å². The predicted octanol–water partition coefficient (Wildman–Crippen LogP) is 5.31. The van der Waals surface area contributed by atoms with Gasteiger partial charge in [-0.2, -0.15) is 13.2 Å². The van der Waals surface area contributed by atoms with E-state index in [1.807, 2.05) is 0 Å². The van der Waals surface area contributed by atoms with Gasteiger partial charge in [-0.25, -0.2) is 15.0 Å². The van der Waals surface area contributed by atoms with Crippen molar-refractivity contribution in [1.82, 2.24) is 24.3 Å². The highest BCUT2D eigenvalue weighted by atomic mass is 35.5. The van der Waals surface area contributed by atoms with Gasteiger partial charge in [0.15, 0.2) is 16.0 Å².